The van der Waals surface area contributed by atoms with Gasteiger partial charge < -0.3 is 15.5 Å². The van der Waals surface area contributed by atoms with Crippen molar-refractivity contribution in [3.05, 3.63) is 52.8 Å². The monoisotopic (exact) mass is 437 g/mol. The van der Waals surface area contributed by atoms with Gasteiger partial charge in [0.05, 0.1) is 6.54 Å². The zero-order valence-corrected chi connectivity index (χ0v) is 19.0. The van der Waals surface area contributed by atoms with E-state index in [0.717, 1.165) is 37.7 Å². The fourth-order valence-corrected chi connectivity index (χ4v) is 4.41. The average Bonchev–Trinajstić information content (AvgIpc) is 3.46. The molecule has 3 amide bonds. The number of aryl methyl sites for hydroxylation is 1. The van der Waals surface area contributed by atoms with Crippen LogP contribution in [0.25, 0.3) is 0 Å². The molecule has 1 atom stereocenters. The number of benzene rings is 1. The zero-order chi connectivity index (χ0) is 22.9. The highest BCUT2D eigenvalue weighted by atomic mass is 16.2. The third kappa shape index (κ3) is 4.13. The van der Waals surface area contributed by atoms with Crippen molar-refractivity contribution in [1.82, 2.24) is 25.3 Å². The smallest absolute Gasteiger partial charge is 0.272 e. The number of hydrogen-bond donors (Lipinski definition) is 2. The van der Waals surface area contributed by atoms with Gasteiger partial charge in [0, 0.05) is 25.7 Å². The Morgan fingerprint density at radius 2 is 1.81 bits per heavy atom. The summed E-state index contributed by atoms with van der Waals surface area (Å²) < 4.78 is 1.49. The Bertz CT molecular complexity index is 1020. The highest BCUT2D eigenvalue weighted by Gasteiger charge is 2.46. The van der Waals surface area contributed by atoms with Crippen molar-refractivity contribution in [2.45, 2.75) is 70.6 Å². The molecule has 4 rings (SSSR count). The lowest BCUT2D eigenvalue weighted by Crippen LogP contribution is -2.63. The van der Waals surface area contributed by atoms with Crippen LogP contribution in [-0.4, -0.2) is 51.0 Å². The van der Waals surface area contributed by atoms with Crippen molar-refractivity contribution in [1.29, 1.82) is 0 Å². The first-order chi connectivity index (χ1) is 15.3. The minimum atomic E-state index is -1.06. The summed E-state index contributed by atoms with van der Waals surface area (Å²) in [7, 11) is 1.63. The highest BCUT2D eigenvalue weighted by Crippen LogP contribution is 2.27. The third-order valence-electron chi connectivity index (χ3n) is 6.80. The van der Waals surface area contributed by atoms with Crippen molar-refractivity contribution in [2.75, 3.05) is 7.05 Å². The van der Waals surface area contributed by atoms with Crippen LogP contribution in [0.4, 0.5) is 0 Å². The van der Waals surface area contributed by atoms with Gasteiger partial charge in [-0.2, -0.15) is 5.10 Å². The normalized spacial score (nSPS) is 20.8. The zero-order valence-electron chi connectivity index (χ0n) is 19.0. The van der Waals surface area contributed by atoms with Crippen LogP contribution in [0, 0.1) is 0 Å². The lowest BCUT2D eigenvalue weighted by molar-refractivity contribution is -0.133. The third-order valence-corrected chi connectivity index (χ3v) is 6.80. The van der Waals surface area contributed by atoms with Gasteiger partial charge in [0.2, 0.25) is 5.91 Å². The lowest BCUT2D eigenvalue weighted by Gasteiger charge is -2.41. The molecule has 32 heavy (non-hydrogen) atoms. The van der Waals surface area contributed by atoms with E-state index in [0.29, 0.717) is 12.2 Å². The number of carbonyl (C=O) groups is 3. The number of amides is 3. The maximum absolute atomic E-state index is 13.1. The van der Waals surface area contributed by atoms with E-state index < -0.39 is 5.54 Å². The number of hydrogen-bond acceptors (Lipinski definition) is 4. The molecule has 1 saturated carbocycles. The number of rotatable bonds is 6. The fraction of sp³-hybridized carbons (Fsp3) is 0.500. The van der Waals surface area contributed by atoms with Crippen molar-refractivity contribution in [3.63, 3.8) is 0 Å². The largest absolute Gasteiger partial charge is 0.351 e. The van der Waals surface area contributed by atoms with Gasteiger partial charge in [0.15, 0.2) is 5.69 Å². The van der Waals surface area contributed by atoms with Gasteiger partial charge in [-0.15, -0.1) is 0 Å². The van der Waals surface area contributed by atoms with Gasteiger partial charge in [0.1, 0.15) is 11.2 Å². The Labute approximate surface area is 188 Å². The van der Waals surface area contributed by atoms with Crippen molar-refractivity contribution in [2.24, 2.45) is 0 Å². The van der Waals surface area contributed by atoms with E-state index in [-0.39, 0.29) is 36.0 Å². The van der Waals surface area contributed by atoms with Crippen LogP contribution in [-0.2, 0) is 24.3 Å². The van der Waals surface area contributed by atoms with Crippen LogP contribution in [0.5, 0.6) is 0 Å². The number of nitrogens with one attached hydrogen (secondary N) is 2. The van der Waals surface area contributed by atoms with Gasteiger partial charge in [-0.1, -0.05) is 44.0 Å². The molecule has 0 spiro atoms. The molecule has 1 aliphatic carbocycles. The molecular formula is C24H31N5O3. The second-order valence-corrected chi connectivity index (χ2v) is 9.02. The van der Waals surface area contributed by atoms with Crippen LogP contribution >= 0.6 is 0 Å². The first kappa shape index (κ1) is 22.0. The second kappa shape index (κ2) is 8.76. The molecule has 8 heteroatoms. The molecule has 0 radical (unpaired) electrons. The van der Waals surface area contributed by atoms with E-state index in [1.807, 2.05) is 24.3 Å². The van der Waals surface area contributed by atoms with Gasteiger partial charge in [-0.25, -0.2) is 0 Å². The fourth-order valence-electron chi connectivity index (χ4n) is 4.41. The van der Waals surface area contributed by atoms with E-state index in [4.69, 9.17) is 0 Å². The van der Waals surface area contributed by atoms with Crippen molar-refractivity contribution >= 4 is 17.7 Å². The summed E-state index contributed by atoms with van der Waals surface area (Å²) in [6.45, 7) is 4.42. The number of likely N-dealkylation sites (N-methyl/N-ethyl adjacent to an activating group) is 1. The number of nitrogens with zero attached hydrogens (tertiary/aromatic N) is 3. The molecule has 0 saturated heterocycles. The maximum atomic E-state index is 13.1. The maximum Gasteiger partial charge on any atom is 0.272 e. The highest BCUT2D eigenvalue weighted by molar-refractivity contribution is 6.01. The molecule has 2 heterocycles. The molecule has 0 bridgehead atoms. The number of carbonyl (C=O) groups excluding carboxylic acids is 3. The molecule has 1 fully saturated rings. The molecule has 170 valence electrons. The predicted octanol–water partition coefficient (Wildman–Crippen LogP) is 2.28. The van der Waals surface area contributed by atoms with Crippen LogP contribution in [0.15, 0.2) is 30.3 Å². The first-order valence-corrected chi connectivity index (χ1v) is 11.3. The molecule has 1 aromatic carbocycles. The average molecular weight is 438 g/mol. The van der Waals surface area contributed by atoms with E-state index in [1.54, 1.807) is 14.0 Å². The molecule has 2 aromatic rings. The molecule has 8 nitrogen and oxygen atoms in total. The van der Waals surface area contributed by atoms with Crippen molar-refractivity contribution in [3.8, 4) is 0 Å². The molecular weight excluding hydrogens is 406 g/mol. The minimum Gasteiger partial charge on any atom is -0.351 e. The summed E-state index contributed by atoms with van der Waals surface area (Å²) in [6, 6.07) is 9.73. The summed E-state index contributed by atoms with van der Waals surface area (Å²) in [6.07, 6.45) is 5.13. The van der Waals surface area contributed by atoms with Crippen LogP contribution in [0.3, 0.4) is 0 Å². The molecule has 1 unspecified atom stereocenters. The van der Waals surface area contributed by atoms with E-state index in [9.17, 15) is 14.4 Å². The van der Waals surface area contributed by atoms with E-state index in [2.05, 4.69) is 22.7 Å². The molecule has 2 N–H and O–H groups in total. The van der Waals surface area contributed by atoms with E-state index >= 15 is 0 Å². The summed E-state index contributed by atoms with van der Waals surface area (Å²) in [5.41, 5.74) is 1.66. The molecule has 2 aliphatic rings. The minimum absolute atomic E-state index is 0.162. The van der Waals surface area contributed by atoms with E-state index in [1.165, 1.54) is 21.2 Å². The standard InChI is InChI=1S/C24H31N5O3/c1-4-16-9-11-17(12-10-16)14-25-21(30)19-13-20-22(31)28(3)24(2,15-29(20)27-19)23(32)26-18-7-5-6-8-18/h9-13,18H,4-8,14-15H2,1-3H3,(H,25,30)(H,26,32). The summed E-state index contributed by atoms with van der Waals surface area (Å²) >= 11 is 0. The van der Waals surface area contributed by atoms with Crippen molar-refractivity contribution < 1.29 is 14.4 Å². The Morgan fingerprint density at radius 1 is 1.16 bits per heavy atom. The topological polar surface area (TPSA) is 96.3 Å². The van der Waals surface area contributed by atoms with Crippen LogP contribution in [0.2, 0.25) is 0 Å². The van der Waals surface area contributed by atoms with Gasteiger partial charge in [-0.05, 0) is 37.3 Å². The first-order valence-electron chi connectivity index (χ1n) is 11.3. The Hall–Kier alpha value is -3.16. The Kier molecular flexibility index (Phi) is 6.04. The molecule has 1 aromatic heterocycles. The quantitative estimate of drug-likeness (QED) is 0.725. The summed E-state index contributed by atoms with van der Waals surface area (Å²) in [4.78, 5) is 40.2. The SMILES string of the molecule is CCc1ccc(CNC(=O)c2cc3n(n2)CC(C)(C(=O)NC2CCCC2)N(C)C3=O)cc1. The Morgan fingerprint density at radius 3 is 2.47 bits per heavy atom. The second-order valence-electron chi connectivity index (χ2n) is 9.02. The molecule has 1 aliphatic heterocycles. The van der Waals surface area contributed by atoms with Gasteiger partial charge in [-0.3, -0.25) is 19.1 Å². The summed E-state index contributed by atoms with van der Waals surface area (Å²) in [5, 5.41) is 10.3. The van der Waals surface area contributed by atoms with Gasteiger partial charge in [0.25, 0.3) is 11.8 Å². The van der Waals surface area contributed by atoms with Crippen LogP contribution < -0.4 is 10.6 Å². The lowest BCUT2D eigenvalue weighted by atomic mass is 9.95. The summed E-state index contributed by atoms with van der Waals surface area (Å²) in [5.74, 6) is -0.844. The number of aromatic nitrogens is 2. The van der Waals surface area contributed by atoms with Gasteiger partial charge >= 0.3 is 0 Å². The predicted molar refractivity (Wildman–Crippen MR) is 120 cm³/mol. The van der Waals surface area contributed by atoms with Crippen LogP contribution in [0.1, 0.15) is 71.6 Å². The Balaban J connectivity index is 1.46. The number of fused-ring (bicyclic) bond motifs is 1.